The molecule has 2 aromatic rings. The zero-order valence-corrected chi connectivity index (χ0v) is 13.0. The third-order valence-electron chi connectivity index (χ3n) is 3.02. The molecule has 1 aromatic carbocycles. The van der Waals surface area contributed by atoms with E-state index in [0.717, 1.165) is 17.3 Å². The van der Waals surface area contributed by atoms with Gasteiger partial charge in [-0.2, -0.15) is 0 Å². The quantitative estimate of drug-likeness (QED) is 0.902. The summed E-state index contributed by atoms with van der Waals surface area (Å²) < 4.78 is 28.4. The van der Waals surface area contributed by atoms with E-state index in [0.29, 0.717) is 10.9 Å². The van der Waals surface area contributed by atoms with Crippen LogP contribution in [-0.4, -0.2) is 46.6 Å². The van der Waals surface area contributed by atoms with Crippen LogP contribution in [0.4, 0.5) is 0 Å². The van der Waals surface area contributed by atoms with Crippen LogP contribution in [-0.2, 0) is 9.84 Å². The summed E-state index contributed by atoms with van der Waals surface area (Å²) in [5.74, 6) is 0.0184. The molecule has 1 fully saturated rings. The fourth-order valence-corrected chi connectivity index (χ4v) is 5.49. The Hall–Kier alpha value is -1.09. The van der Waals surface area contributed by atoms with Crippen molar-refractivity contribution in [3.63, 3.8) is 0 Å². The first-order valence-corrected chi connectivity index (χ1v) is 9.15. The van der Waals surface area contributed by atoms with Gasteiger partial charge in [0.15, 0.2) is 9.84 Å². The SMILES string of the molecule is O=S1(=O)C[C@@H](O)[C@@H](Sc2nnc(-c3ccc(Cl)cc3)o2)C1. The second-order valence-corrected chi connectivity index (χ2v) is 8.46. The van der Waals surface area contributed by atoms with Crippen LogP contribution in [0.25, 0.3) is 11.5 Å². The van der Waals surface area contributed by atoms with Gasteiger partial charge in [0.25, 0.3) is 5.22 Å². The average molecular weight is 347 g/mol. The van der Waals surface area contributed by atoms with Crippen molar-refractivity contribution in [3.8, 4) is 11.5 Å². The van der Waals surface area contributed by atoms with Crippen molar-refractivity contribution >= 4 is 33.2 Å². The van der Waals surface area contributed by atoms with E-state index in [-0.39, 0.29) is 16.7 Å². The number of thioether (sulfide) groups is 1. The third kappa shape index (κ3) is 3.39. The fraction of sp³-hybridized carbons (Fsp3) is 0.333. The minimum atomic E-state index is -3.19. The fourth-order valence-electron chi connectivity index (χ4n) is 2.01. The van der Waals surface area contributed by atoms with Gasteiger partial charge in [-0.1, -0.05) is 23.4 Å². The first kappa shape index (κ1) is 14.8. The standard InChI is InChI=1S/C12H11ClN2O4S2/c13-8-3-1-7(2-4-8)11-14-15-12(19-11)20-10-6-21(17,18)5-9(10)16/h1-4,9-10,16H,5-6H2/t9-,10+/m1/s1. The molecule has 21 heavy (non-hydrogen) atoms. The van der Waals surface area contributed by atoms with Crippen LogP contribution in [0.5, 0.6) is 0 Å². The molecular weight excluding hydrogens is 336 g/mol. The number of aliphatic hydroxyl groups excluding tert-OH is 1. The van der Waals surface area contributed by atoms with Crippen molar-refractivity contribution in [2.75, 3.05) is 11.5 Å². The minimum absolute atomic E-state index is 0.0858. The summed E-state index contributed by atoms with van der Waals surface area (Å²) in [6, 6.07) is 6.92. The van der Waals surface area contributed by atoms with E-state index in [1.165, 1.54) is 0 Å². The number of aliphatic hydroxyl groups is 1. The van der Waals surface area contributed by atoms with Crippen molar-refractivity contribution in [1.29, 1.82) is 0 Å². The largest absolute Gasteiger partial charge is 0.411 e. The summed E-state index contributed by atoms with van der Waals surface area (Å²) in [6.07, 6.45) is -0.911. The van der Waals surface area contributed by atoms with Gasteiger partial charge in [-0.25, -0.2) is 8.42 Å². The molecule has 0 saturated carbocycles. The Labute approximate surface area is 130 Å². The molecule has 1 aromatic heterocycles. The molecule has 3 rings (SSSR count). The topological polar surface area (TPSA) is 93.3 Å². The molecule has 0 unspecified atom stereocenters. The number of hydrogen-bond donors (Lipinski definition) is 1. The van der Waals surface area contributed by atoms with Crippen molar-refractivity contribution in [3.05, 3.63) is 29.3 Å². The van der Waals surface area contributed by atoms with Crippen LogP contribution >= 0.6 is 23.4 Å². The van der Waals surface area contributed by atoms with Crippen molar-refractivity contribution in [2.45, 2.75) is 16.6 Å². The van der Waals surface area contributed by atoms with E-state index in [4.69, 9.17) is 16.0 Å². The van der Waals surface area contributed by atoms with E-state index >= 15 is 0 Å². The van der Waals surface area contributed by atoms with E-state index < -0.39 is 21.2 Å². The lowest BCUT2D eigenvalue weighted by Gasteiger charge is -2.07. The maximum atomic E-state index is 11.4. The van der Waals surface area contributed by atoms with E-state index in [1.807, 2.05) is 0 Å². The van der Waals surface area contributed by atoms with Crippen LogP contribution < -0.4 is 0 Å². The molecule has 9 heteroatoms. The number of rotatable bonds is 3. The molecule has 1 N–H and O–H groups in total. The molecule has 0 aliphatic carbocycles. The van der Waals surface area contributed by atoms with Crippen LogP contribution in [0.15, 0.2) is 33.9 Å². The Morgan fingerprint density at radius 1 is 1.24 bits per heavy atom. The lowest BCUT2D eigenvalue weighted by Crippen LogP contribution is -2.19. The summed E-state index contributed by atoms with van der Waals surface area (Å²) in [5, 5.41) is 17.9. The number of aromatic nitrogens is 2. The number of hydrogen-bond acceptors (Lipinski definition) is 7. The second-order valence-electron chi connectivity index (χ2n) is 4.68. The lowest BCUT2D eigenvalue weighted by atomic mass is 10.2. The smallest absolute Gasteiger partial charge is 0.277 e. The molecular formula is C12H11ClN2O4S2. The van der Waals surface area contributed by atoms with Crippen molar-refractivity contribution < 1.29 is 17.9 Å². The van der Waals surface area contributed by atoms with Gasteiger partial charge in [0.05, 0.1) is 22.9 Å². The number of benzene rings is 1. The van der Waals surface area contributed by atoms with Gasteiger partial charge < -0.3 is 9.52 Å². The monoisotopic (exact) mass is 346 g/mol. The predicted molar refractivity (Wildman–Crippen MR) is 79.0 cm³/mol. The van der Waals surface area contributed by atoms with Gasteiger partial charge in [-0.05, 0) is 24.3 Å². The maximum absolute atomic E-state index is 11.4. The molecule has 0 bridgehead atoms. The summed E-state index contributed by atoms with van der Waals surface area (Å²) in [4.78, 5) is 0. The Morgan fingerprint density at radius 3 is 2.57 bits per heavy atom. The zero-order chi connectivity index (χ0) is 15.0. The van der Waals surface area contributed by atoms with Gasteiger partial charge in [0.1, 0.15) is 0 Å². The zero-order valence-electron chi connectivity index (χ0n) is 10.6. The molecule has 6 nitrogen and oxygen atoms in total. The van der Waals surface area contributed by atoms with Gasteiger partial charge >= 0.3 is 0 Å². The van der Waals surface area contributed by atoms with E-state index in [1.54, 1.807) is 24.3 Å². The average Bonchev–Trinajstić information content (AvgIpc) is 2.96. The molecule has 1 aliphatic rings. The molecule has 0 spiro atoms. The number of halogens is 1. The van der Waals surface area contributed by atoms with Crippen LogP contribution in [0, 0.1) is 0 Å². The maximum Gasteiger partial charge on any atom is 0.277 e. The third-order valence-corrected chi connectivity index (χ3v) is 6.35. The molecule has 1 saturated heterocycles. The highest BCUT2D eigenvalue weighted by atomic mass is 35.5. The highest BCUT2D eigenvalue weighted by Crippen LogP contribution is 2.32. The summed E-state index contributed by atoms with van der Waals surface area (Å²) in [6.45, 7) is 0. The molecule has 0 radical (unpaired) electrons. The summed E-state index contributed by atoms with van der Waals surface area (Å²) in [7, 11) is -3.19. The predicted octanol–water partition coefficient (Wildman–Crippen LogP) is 1.64. The van der Waals surface area contributed by atoms with Crippen LogP contribution in [0.3, 0.4) is 0 Å². The Bertz CT molecular complexity index is 745. The molecule has 0 amide bonds. The minimum Gasteiger partial charge on any atom is -0.411 e. The highest BCUT2D eigenvalue weighted by molar-refractivity contribution is 8.01. The first-order chi connectivity index (χ1) is 9.93. The summed E-state index contributed by atoms with van der Waals surface area (Å²) in [5.41, 5.74) is 0.721. The van der Waals surface area contributed by atoms with E-state index in [2.05, 4.69) is 10.2 Å². The normalized spacial score (nSPS) is 24.3. The molecule has 1 aliphatic heterocycles. The molecule has 112 valence electrons. The van der Waals surface area contributed by atoms with Crippen molar-refractivity contribution in [2.24, 2.45) is 0 Å². The number of sulfone groups is 1. The van der Waals surface area contributed by atoms with Crippen molar-refractivity contribution in [1.82, 2.24) is 10.2 Å². The Kier molecular flexibility index (Phi) is 3.96. The van der Waals surface area contributed by atoms with Gasteiger partial charge in [-0.3, -0.25) is 0 Å². The highest BCUT2D eigenvalue weighted by Gasteiger charge is 2.38. The van der Waals surface area contributed by atoms with Crippen LogP contribution in [0.1, 0.15) is 0 Å². The lowest BCUT2D eigenvalue weighted by molar-refractivity contribution is 0.207. The van der Waals surface area contributed by atoms with Gasteiger partial charge in [0.2, 0.25) is 5.89 Å². The van der Waals surface area contributed by atoms with Gasteiger partial charge in [-0.15, -0.1) is 10.2 Å². The molecule has 2 heterocycles. The first-order valence-electron chi connectivity index (χ1n) is 6.07. The van der Waals surface area contributed by atoms with Crippen LogP contribution in [0.2, 0.25) is 5.02 Å². The van der Waals surface area contributed by atoms with E-state index in [9.17, 15) is 13.5 Å². The summed E-state index contributed by atoms with van der Waals surface area (Å²) >= 11 is 6.89. The molecule has 2 atom stereocenters. The number of nitrogens with zero attached hydrogens (tertiary/aromatic N) is 2. The van der Waals surface area contributed by atoms with Gasteiger partial charge in [0, 0.05) is 10.6 Å². The Morgan fingerprint density at radius 2 is 1.95 bits per heavy atom. The Balaban J connectivity index is 1.75. The second kappa shape index (κ2) is 5.60.